The SMILES string of the molecule is CCC1CCC(c2ccc(C(=O)OC3CCC(C)CC3)cc2)CC1. The Morgan fingerprint density at radius 2 is 1.58 bits per heavy atom. The van der Waals surface area contributed by atoms with E-state index in [-0.39, 0.29) is 12.1 Å². The summed E-state index contributed by atoms with van der Waals surface area (Å²) in [6, 6.07) is 8.23. The molecule has 2 nitrogen and oxygen atoms in total. The minimum Gasteiger partial charge on any atom is -0.459 e. The van der Waals surface area contributed by atoms with E-state index in [2.05, 4.69) is 26.0 Å². The Labute approximate surface area is 147 Å². The Morgan fingerprint density at radius 3 is 2.17 bits per heavy atom. The molecule has 24 heavy (non-hydrogen) atoms. The van der Waals surface area contributed by atoms with Gasteiger partial charge in [0.15, 0.2) is 0 Å². The molecule has 2 fully saturated rings. The summed E-state index contributed by atoms with van der Waals surface area (Å²) in [4.78, 5) is 12.3. The second-order valence-electron chi connectivity index (χ2n) is 8.04. The highest BCUT2D eigenvalue weighted by Gasteiger charge is 2.23. The monoisotopic (exact) mass is 328 g/mol. The van der Waals surface area contributed by atoms with Gasteiger partial charge in [-0.1, -0.05) is 32.4 Å². The van der Waals surface area contributed by atoms with Gasteiger partial charge in [0.05, 0.1) is 5.56 Å². The first-order valence-corrected chi connectivity index (χ1v) is 9.96. The average molecular weight is 328 g/mol. The number of hydrogen-bond acceptors (Lipinski definition) is 2. The van der Waals surface area contributed by atoms with Crippen LogP contribution in [0.25, 0.3) is 0 Å². The molecule has 0 saturated heterocycles. The number of esters is 1. The highest BCUT2D eigenvalue weighted by molar-refractivity contribution is 5.89. The van der Waals surface area contributed by atoms with E-state index in [9.17, 15) is 4.79 Å². The fourth-order valence-corrected chi connectivity index (χ4v) is 4.36. The van der Waals surface area contributed by atoms with Crippen molar-refractivity contribution >= 4 is 5.97 Å². The maximum absolute atomic E-state index is 12.3. The van der Waals surface area contributed by atoms with Crippen molar-refractivity contribution in [2.24, 2.45) is 11.8 Å². The van der Waals surface area contributed by atoms with Gasteiger partial charge in [0.2, 0.25) is 0 Å². The summed E-state index contributed by atoms with van der Waals surface area (Å²) in [6.45, 7) is 4.59. The van der Waals surface area contributed by atoms with Crippen LogP contribution < -0.4 is 0 Å². The molecule has 3 rings (SSSR count). The minimum absolute atomic E-state index is 0.123. The van der Waals surface area contributed by atoms with Gasteiger partial charge in [0, 0.05) is 0 Å². The number of ether oxygens (including phenoxy) is 1. The summed E-state index contributed by atoms with van der Waals surface area (Å²) in [5.74, 6) is 2.24. The summed E-state index contributed by atoms with van der Waals surface area (Å²) in [6.07, 6.45) is 11.1. The largest absolute Gasteiger partial charge is 0.459 e. The number of rotatable bonds is 4. The van der Waals surface area contributed by atoms with Crippen molar-refractivity contribution in [3.8, 4) is 0 Å². The normalized spacial score (nSPS) is 30.8. The molecule has 2 saturated carbocycles. The van der Waals surface area contributed by atoms with E-state index in [0.717, 1.165) is 24.7 Å². The number of carbonyl (C=O) groups excluding carboxylic acids is 1. The lowest BCUT2D eigenvalue weighted by molar-refractivity contribution is 0.0174. The first-order valence-electron chi connectivity index (χ1n) is 9.96. The first kappa shape index (κ1) is 17.5. The molecular weight excluding hydrogens is 296 g/mol. The molecule has 0 amide bonds. The number of carbonyl (C=O) groups is 1. The maximum atomic E-state index is 12.3. The van der Waals surface area contributed by atoms with Crippen LogP contribution in [-0.2, 0) is 4.74 Å². The van der Waals surface area contributed by atoms with Crippen molar-refractivity contribution in [3.63, 3.8) is 0 Å². The molecule has 0 heterocycles. The van der Waals surface area contributed by atoms with Crippen molar-refractivity contribution in [1.82, 2.24) is 0 Å². The van der Waals surface area contributed by atoms with Crippen molar-refractivity contribution < 1.29 is 9.53 Å². The van der Waals surface area contributed by atoms with Crippen LogP contribution in [0.3, 0.4) is 0 Å². The van der Waals surface area contributed by atoms with E-state index >= 15 is 0 Å². The van der Waals surface area contributed by atoms with Gasteiger partial charge in [-0.15, -0.1) is 0 Å². The van der Waals surface area contributed by atoms with Crippen LogP contribution in [0.5, 0.6) is 0 Å². The highest BCUT2D eigenvalue weighted by atomic mass is 16.5. The smallest absolute Gasteiger partial charge is 0.338 e. The van der Waals surface area contributed by atoms with Crippen molar-refractivity contribution in [3.05, 3.63) is 35.4 Å². The van der Waals surface area contributed by atoms with Crippen LogP contribution in [0.4, 0.5) is 0 Å². The van der Waals surface area contributed by atoms with Crippen LogP contribution in [-0.4, -0.2) is 12.1 Å². The average Bonchev–Trinajstić information content (AvgIpc) is 2.64. The van der Waals surface area contributed by atoms with Crippen molar-refractivity contribution in [2.45, 2.75) is 83.7 Å². The summed E-state index contributed by atoms with van der Waals surface area (Å²) in [7, 11) is 0. The molecule has 0 N–H and O–H groups in total. The molecule has 1 aromatic carbocycles. The molecular formula is C22H32O2. The minimum atomic E-state index is -0.143. The Morgan fingerprint density at radius 1 is 0.958 bits per heavy atom. The fourth-order valence-electron chi connectivity index (χ4n) is 4.36. The third-order valence-corrected chi connectivity index (χ3v) is 6.28. The van der Waals surface area contributed by atoms with Gasteiger partial charge < -0.3 is 4.74 Å². The molecule has 0 radical (unpaired) electrons. The third-order valence-electron chi connectivity index (χ3n) is 6.28. The zero-order valence-electron chi connectivity index (χ0n) is 15.3. The van der Waals surface area contributed by atoms with Crippen molar-refractivity contribution in [2.75, 3.05) is 0 Å². The van der Waals surface area contributed by atoms with Crippen LogP contribution in [0.2, 0.25) is 0 Å². The lowest BCUT2D eigenvalue weighted by atomic mass is 9.78. The lowest BCUT2D eigenvalue weighted by Gasteiger charge is -2.28. The van der Waals surface area contributed by atoms with Gasteiger partial charge in [0.1, 0.15) is 6.10 Å². The molecule has 0 unspecified atom stereocenters. The van der Waals surface area contributed by atoms with Crippen LogP contribution in [0.1, 0.15) is 93.5 Å². The van der Waals surface area contributed by atoms with E-state index < -0.39 is 0 Å². The van der Waals surface area contributed by atoms with Gasteiger partial charge in [0.25, 0.3) is 0 Å². The zero-order valence-corrected chi connectivity index (χ0v) is 15.3. The predicted molar refractivity (Wildman–Crippen MR) is 98.3 cm³/mol. The van der Waals surface area contributed by atoms with Crippen molar-refractivity contribution in [1.29, 1.82) is 0 Å². The van der Waals surface area contributed by atoms with E-state index in [1.54, 1.807) is 0 Å². The fraction of sp³-hybridized carbons (Fsp3) is 0.682. The summed E-state index contributed by atoms with van der Waals surface area (Å²) < 4.78 is 5.70. The standard InChI is InChI=1S/C22H32O2/c1-3-17-6-8-18(9-7-17)19-10-12-20(13-11-19)22(23)24-21-14-4-16(2)5-15-21/h10-13,16-18,21H,3-9,14-15H2,1-2H3. The van der Waals surface area contributed by atoms with Crippen LogP contribution >= 0.6 is 0 Å². The van der Waals surface area contributed by atoms with Gasteiger partial charge in [-0.3, -0.25) is 0 Å². The molecule has 0 bridgehead atoms. The summed E-state index contributed by atoms with van der Waals surface area (Å²) >= 11 is 0. The van der Waals surface area contributed by atoms with E-state index in [4.69, 9.17) is 4.74 Å². The molecule has 2 heteroatoms. The zero-order chi connectivity index (χ0) is 16.9. The molecule has 0 aliphatic heterocycles. The lowest BCUT2D eigenvalue weighted by Crippen LogP contribution is -2.23. The first-order chi connectivity index (χ1) is 11.7. The van der Waals surface area contributed by atoms with Gasteiger partial charge in [-0.05, 0) is 86.8 Å². The second kappa shape index (κ2) is 8.18. The van der Waals surface area contributed by atoms with Gasteiger partial charge >= 0.3 is 5.97 Å². The summed E-state index contributed by atoms with van der Waals surface area (Å²) in [5.41, 5.74) is 2.10. The molecule has 1 aromatic rings. The van der Waals surface area contributed by atoms with Gasteiger partial charge in [-0.2, -0.15) is 0 Å². The molecule has 2 aliphatic carbocycles. The highest BCUT2D eigenvalue weighted by Crippen LogP contribution is 2.37. The molecule has 132 valence electrons. The van der Waals surface area contributed by atoms with E-state index in [0.29, 0.717) is 11.5 Å². The topological polar surface area (TPSA) is 26.3 Å². The Kier molecular flexibility index (Phi) is 5.97. The summed E-state index contributed by atoms with van der Waals surface area (Å²) in [5, 5.41) is 0. The van der Waals surface area contributed by atoms with Crippen LogP contribution in [0.15, 0.2) is 24.3 Å². The predicted octanol–water partition coefficient (Wildman–Crippen LogP) is 6.11. The number of benzene rings is 1. The molecule has 0 atom stereocenters. The van der Waals surface area contributed by atoms with Gasteiger partial charge in [-0.25, -0.2) is 4.79 Å². The Hall–Kier alpha value is -1.31. The quantitative estimate of drug-likeness (QED) is 0.624. The Balaban J connectivity index is 1.53. The van der Waals surface area contributed by atoms with E-state index in [1.165, 1.54) is 50.5 Å². The molecule has 0 spiro atoms. The number of hydrogen-bond donors (Lipinski definition) is 0. The van der Waals surface area contributed by atoms with Crippen LogP contribution in [0, 0.1) is 11.8 Å². The molecule has 0 aromatic heterocycles. The third kappa shape index (κ3) is 4.40. The maximum Gasteiger partial charge on any atom is 0.338 e. The molecule has 2 aliphatic rings. The van der Waals surface area contributed by atoms with E-state index in [1.807, 2.05) is 12.1 Å². The Bertz CT molecular complexity index is 517. The second-order valence-corrected chi connectivity index (χ2v) is 8.04.